The van der Waals surface area contributed by atoms with Gasteiger partial charge in [-0.2, -0.15) is 0 Å². The maximum atomic E-state index is 11.8. The van der Waals surface area contributed by atoms with Gasteiger partial charge in [-0.25, -0.2) is 0 Å². The summed E-state index contributed by atoms with van der Waals surface area (Å²) >= 11 is 0. The van der Waals surface area contributed by atoms with E-state index >= 15 is 0 Å². The Morgan fingerprint density at radius 3 is 2.80 bits per heavy atom. The van der Waals surface area contributed by atoms with Gasteiger partial charge in [-0.3, -0.25) is 9.69 Å². The molecule has 88 valence electrons. The van der Waals surface area contributed by atoms with Crippen LogP contribution in [-0.2, 0) is 4.79 Å². The lowest BCUT2D eigenvalue weighted by molar-refractivity contribution is -0.158. The second-order valence-electron chi connectivity index (χ2n) is 4.62. The lowest BCUT2D eigenvalue weighted by Gasteiger charge is -2.33. The van der Waals surface area contributed by atoms with Crippen LogP contribution in [0.2, 0.25) is 0 Å². The minimum absolute atomic E-state index is 0.247. The first kappa shape index (κ1) is 12.5. The number of hydrogen-bond donors (Lipinski definition) is 2. The zero-order chi connectivity index (χ0) is 11.5. The molecule has 2 N–H and O–H groups in total. The molecule has 1 rings (SSSR count). The van der Waals surface area contributed by atoms with Crippen LogP contribution in [-0.4, -0.2) is 41.3 Å². The molecule has 4 nitrogen and oxygen atoms in total. The molecule has 0 aliphatic carbocycles. The third-order valence-corrected chi connectivity index (χ3v) is 2.76. The van der Waals surface area contributed by atoms with Crippen molar-refractivity contribution >= 4 is 5.91 Å². The molecule has 1 fully saturated rings. The molecule has 0 aromatic heterocycles. The van der Waals surface area contributed by atoms with E-state index in [-0.39, 0.29) is 5.91 Å². The molecule has 1 aliphatic heterocycles. The van der Waals surface area contributed by atoms with Crippen LogP contribution in [0.4, 0.5) is 0 Å². The summed E-state index contributed by atoms with van der Waals surface area (Å²) in [5.74, 6) is 0.215. The van der Waals surface area contributed by atoms with E-state index < -0.39 is 5.72 Å². The summed E-state index contributed by atoms with van der Waals surface area (Å²) in [6.45, 7) is 8.20. The van der Waals surface area contributed by atoms with Crippen molar-refractivity contribution in [3.63, 3.8) is 0 Å². The van der Waals surface area contributed by atoms with E-state index in [0.717, 1.165) is 19.5 Å². The Kier molecular flexibility index (Phi) is 4.11. The fourth-order valence-electron chi connectivity index (χ4n) is 2.10. The van der Waals surface area contributed by atoms with Crippen LogP contribution in [0.3, 0.4) is 0 Å². The van der Waals surface area contributed by atoms with E-state index in [2.05, 4.69) is 19.2 Å². The van der Waals surface area contributed by atoms with Gasteiger partial charge in [-0.1, -0.05) is 13.8 Å². The van der Waals surface area contributed by atoms with E-state index in [1.165, 1.54) is 0 Å². The highest BCUT2D eigenvalue weighted by Gasteiger charge is 2.45. The second kappa shape index (κ2) is 4.94. The summed E-state index contributed by atoms with van der Waals surface area (Å²) < 4.78 is 0. The second-order valence-corrected chi connectivity index (χ2v) is 4.62. The number of likely N-dealkylation sites (N-methyl/N-ethyl adjacent to an activating group) is 1. The maximum absolute atomic E-state index is 11.8. The van der Waals surface area contributed by atoms with Gasteiger partial charge in [0, 0.05) is 26.1 Å². The molecule has 0 spiro atoms. The summed E-state index contributed by atoms with van der Waals surface area (Å²) in [6, 6.07) is 0. The van der Waals surface area contributed by atoms with Gasteiger partial charge in [0.25, 0.3) is 5.91 Å². The molecular weight excluding hydrogens is 195 g/mol. The molecule has 1 atom stereocenters. The molecule has 1 saturated heterocycles. The van der Waals surface area contributed by atoms with Crippen molar-refractivity contribution in [3.8, 4) is 0 Å². The van der Waals surface area contributed by atoms with Crippen LogP contribution in [0.25, 0.3) is 0 Å². The molecular formula is C11H22N2O2. The number of carbonyl (C=O) groups excluding carboxylic acids is 1. The zero-order valence-corrected chi connectivity index (χ0v) is 9.92. The van der Waals surface area contributed by atoms with E-state index in [4.69, 9.17) is 0 Å². The highest BCUT2D eigenvalue weighted by Crippen LogP contribution is 2.27. The first-order valence-corrected chi connectivity index (χ1v) is 5.76. The standard InChI is InChI=1S/C11H22N2O2/c1-4-12-10(14)11(15)6-5-7-13(11)8-9(2)3/h9,15H,4-8H2,1-3H3,(H,12,14)/i1+1,4+1,8+1. The minimum atomic E-state index is -1.26. The molecule has 0 radical (unpaired) electrons. The van der Waals surface area contributed by atoms with Gasteiger partial charge in [-0.05, 0) is 19.3 Å². The molecule has 0 aromatic carbocycles. The molecule has 0 saturated carbocycles. The van der Waals surface area contributed by atoms with Crippen LogP contribution in [0.1, 0.15) is 33.6 Å². The van der Waals surface area contributed by atoms with Crippen molar-refractivity contribution in [2.75, 3.05) is 19.6 Å². The predicted molar refractivity (Wildman–Crippen MR) is 59.3 cm³/mol. The fraction of sp³-hybridized carbons (Fsp3) is 0.909. The number of rotatable bonds is 4. The monoisotopic (exact) mass is 217 g/mol. The molecule has 1 aliphatic rings. The van der Waals surface area contributed by atoms with Gasteiger partial charge in [0.05, 0.1) is 0 Å². The number of aliphatic hydroxyl groups is 1. The number of nitrogens with one attached hydrogen (secondary N) is 1. The van der Waals surface area contributed by atoms with Crippen LogP contribution in [0, 0.1) is 5.92 Å². The Hall–Kier alpha value is -0.610. The summed E-state index contributed by atoms with van der Waals surface area (Å²) in [6.07, 6.45) is 1.44. The number of hydrogen-bond acceptors (Lipinski definition) is 3. The van der Waals surface area contributed by atoms with Crippen molar-refractivity contribution in [1.29, 1.82) is 0 Å². The van der Waals surface area contributed by atoms with E-state index in [1.807, 2.05) is 11.8 Å². The highest BCUT2D eigenvalue weighted by molar-refractivity contribution is 5.84. The first-order chi connectivity index (χ1) is 7.00. The fourth-order valence-corrected chi connectivity index (χ4v) is 2.10. The average molecular weight is 217 g/mol. The van der Waals surface area contributed by atoms with Gasteiger partial charge in [0.1, 0.15) is 0 Å². The molecule has 4 heteroatoms. The van der Waals surface area contributed by atoms with E-state index in [1.54, 1.807) is 0 Å². The first-order valence-electron chi connectivity index (χ1n) is 5.76. The molecule has 1 unspecified atom stereocenters. The number of carbonyl (C=O) groups is 1. The van der Waals surface area contributed by atoms with Crippen LogP contribution < -0.4 is 5.32 Å². The number of likely N-dealkylation sites (tertiary alicyclic amines) is 1. The molecule has 0 aromatic rings. The summed E-state index contributed by atoms with van der Waals surface area (Å²) in [7, 11) is 0. The molecule has 1 heterocycles. The van der Waals surface area contributed by atoms with Gasteiger partial charge in [-0.15, -0.1) is 0 Å². The lowest BCUT2D eigenvalue weighted by Crippen LogP contribution is -2.56. The van der Waals surface area contributed by atoms with Crippen molar-refractivity contribution in [1.82, 2.24) is 10.2 Å². The Morgan fingerprint density at radius 1 is 1.60 bits per heavy atom. The van der Waals surface area contributed by atoms with Crippen LogP contribution in [0.15, 0.2) is 0 Å². The summed E-state index contributed by atoms with van der Waals surface area (Å²) in [5.41, 5.74) is -1.26. The van der Waals surface area contributed by atoms with Crippen LogP contribution in [0.5, 0.6) is 0 Å². The third kappa shape index (κ3) is 2.69. The number of amides is 1. The van der Waals surface area contributed by atoms with E-state index in [0.29, 0.717) is 18.9 Å². The van der Waals surface area contributed by atoms with Gasteiger partial charge in [0.2, 0.25) is 0 Å². The Balaban J connectivity index is 2.67. The normalized spacial score (nSPS) is 27.3. The van der Waals surface area contributed by atoms with Crippen molar-refractivity contribution in [2.45, 2.75) is 39.3 Å². The molecule has 1 amide bonds. The highest BCUT2D eigenvalue weighted by atomic mass is 16.3. The van der Waals surface area contributed by atoms with Crippen molar-refractivity contribution in [2.24, 2.45) is 5.92 Å². The third-order valence-electron chi connectivity index (χ3n) is 2.76. The lowest BCUT2D eigenvalue weighted by atomic mass is 10.1. The van der Waals surface area contributed by atoms with Crippen LogP contribution >= 0.6 is 0 Å². The topological polar surface area (TPSA) is 52.6 Å². The zero-order valence-electron chi connectivity index (χ0n) is 9.92. The van der Waals surface area contributed by atoms with Gasteiger partial charge in [0.15, 0.2) is 5.72 Å². The Morgan fingerprint density at radius 2 is 2.27 bits per heavy atom. The smallest absolute Gasteiger partial charge is 0.267 e. The Bertz CT molecular complexity index is 231. The van der Waals surface area contributed by atoms with Crippen molar-refractivity contribution in [3.05, 3.63) is 0 Å². The maximum Gasteiger partial charge on any atom is 0.267 e. The predicted octanol–water partition coefficient (Wildman–Crippen LogP) is 0.563. The SMILES string of the molecule is CC(C)[13CH2]N1CCCC1(O)C(=O)N[13CH2][13CH3]. The largest absolute Gasteiger partial charge is 0.367 e. The molecule has 15 heavy (non-hydrogen) atoms. The number of nitrogens with zero attached hydrogens (tertiary/aromatic N) is 1. The quantitative estimate of drug-likeness (QED) is 0.677. The van der Waals surface area contributed by atoms with Gasteiger partial charge >= 0.3 is 0 Å². The summed E-state index contributed by atoms with van der Waals surface area (Å²) in [5, 5.41) is 13.0. The van der Waals surface area contributed by atoms with E-state index in [9.17, 15) is 9.90 Å². The molecule has 0 bridgehead atoms. The average Bonchev–Trinajstić information content (AvgIpc) is 2.49. The van der Waals surface area contributed by atoms with Gasteiger partial charge < -0.3 is 10.4 Å². The van der Waals surface area contributed by atoms with Crippen molar-refractivity contribution < 1.29 is 9.90 Å². The minimum Gasteiger partial charge on any atom is -0.367 e. The Labute approximate surface area is 91.6 Å². The summed E-state index contributed by atoms with van der Waals surface area (Å²) in [4.78, 5) is 13.6.